The standard InChI is InChI=1S/C13H9Cl2N3OS/c14-13(15)10-3-1-9(2-4-10)8-20-19-12-6-5-11(7-16)17-18-12/h1-6,13H,8H2. The van der Waals surface area contributed by atoms with Crippen LogP contribution in [0.25, 0.3) is 0 Å². The number of halogens is 2. The Hall–Kier alpha value is -1.48. The van der Waals surface area contributed by atoms with Gasteiger partial charge in [-0.3, -0.25) is 0 Å². The van der Waals surface area contributed by atoms with Gasteiger partial charge in [0.25, 0.3) is 0 Å². The normalized spacial score (nSPS) is 10.3. The quantitative estimate of drug-likeness (QED) is 0.613. The van der Waals surface area contributed by atoms with Gasteiger partial charge >= 0.3 is 0 Å². The second-order valence-corrected chi connectivity index (χ2v) is 5.54. The van der Waals surface area contributed by atoms with E-state index in [1.165, 1.54) is 12.0 Å². The summed E-state index contributed by atoms with van der Waals surface area (Å²) in [5, 5.41) is 16.0. The first kappa shape index (κ1) is 14.9. The van der Waals surface area contributed by atoms with Crippen LogP contribution in [0.3, 0.4) is 0 Å². The number of nitriles is 1. The van der Waals surface area contributed by atoms with Gasteiger partial charge in [-0.2, -0.15) is 5.26 Å². The minimum atomic E-state index is -0.512. The summed E-state index contributed by atoms with van der Waals surface area (Å²) in [6, 6.07) is 12.7. The minimum absolute atomic E-state index is 0.259. The van der Waals surface area contributed by atoms with Crippen molar-refractivity contribution < 1.29 is 4.18 Å². The van der Waals surface area contributed by atoms with Crippen LogP contribution in [0.5, 0.6) is 5.88 Å². The number of benzene rings is 1. The molecule has 0 bridgehead atoms. The molecule has 0 saturated heterocycles. The van der Waals surface area contributed by atoms with Gasteiger partial charge in [-0.05, 0) is 17.2 Å². The molecular weight excluding hydrogens is 317 g/mol. The summed E-state index contributed by atoms with van der Waals surface area (Å²) in [4.78, 5) is -0.512. The maximum Gasteiger partial charge on any atom is 0.247 e. The molecule has 0 radical (unpaired) electrons. The highest BCUT2D eigenvalue weighted by Crippen LogP contribution is 2.25. The Morgan fingerprint density at radius 3 is 2.45 bits per heavy atom. The molecule has 1 aromatic carbocycles. The van der Waals surface area contributed by atoms with Crippen molar-refractivity contribution in [3.63, 3.8) is 0 Å². The molecule has 0 saturated carbocycles. The molecule has 0 amide bonds. The molecular formula is C13H9Cl2N3OS. The Morgan fingerprint density at radius 2 is 1.90 bits per heavy atom. The molecule has 0 aliphatic heterocycles. The summed E-state index contributed by atoms with van der Waals surface area (Å²) >= 11 is 12.8. The number of hydrogen-bond acceptors (Lipinski definition) is 5. The van der Waals surface area contributed by atoms with E-state index in [-0.39, 0.29) is 5.69 Å². The van der Waals surface area contributed by atoms with E-state index in [4.69, 9.17) is 32.6 Å². The zero-order valence-electron chi connectivity index (χ0n) is 10.2. The lowest BCUT2D eigenvalue weighted by Crippen LogP contribution is -1.92. The Morgan fingerprint density at radius 1 is 1.15 bits per heavy atom. The Labute approximate surface area is 130 Å². The van der Waals surface area contributed by atoms with Crippen LogP contribution in [0.2, 0.25) is 0 Å². The highest BCUT2D eigenvalue weighted by Gasteiger charge is 2.04. The SMILES string of the molecule is N#Cc1ccc(OSCc2ccc(C(Cl)Cl)cc2)nn1. The average Bonchev–Trinajstić information content (AvgIpc) is 2.48. The van der Waals surface area contributed by atoms with Crippen LogP contribution in [-0.4, -0.2) is 10.2 Å². The summed E-state index contributed by atoms with van der Waals surface area (Å²) in [6.45, 7) is 0. The van der Waals surface area contributed by atoms with Gasteiger partial charge in [0.1, 0.15) is 10.9 Å². The van der Waals surface area contributed by atoms with Crippen LogP contribution >= 0.6 is 35.2 Å². The third kappa shape index (κ3) is 4.27. The maximum absolute atomic E-state index is 8.60. The fraction of sp³-hybridized carbons (Fsp3) is 0.154. The second-order valence-electron chi connectivity index (χ2n) is 3.76. The molecule has 4 nitrogen and oxygen atoms in total. The maximum atomic E-state index is 8.60. The number of alkyl halides is 2. The van der Waals surface area contributed by atoms with E-state index in [0.29, 0.717) is 11.6 Å². The predicted octanol–water partition coefficient (Wildman–Crippen LogP) is 4.05. The van der Waals surface area contributed by atoms with Gasteiger partial charge in [-0.15, -0.1) is 33.4 Å². The van der Waals surface area contributed by atoms with Gasteiger partial charge in [0, 0.05) is 6.07 Å². The van der Waals surface area contributed by atoms with Crippen LogP contribution in [0.15, 0.2) is 36.4 Å². The molecule has 2 aromatic rings. The summed E-state index contributed by atoms with van der Waals surface area (Å²) in [5.74, 6) is 1.02. The molecule has 0 unspecified atom stereocenters. The Balaban J connectivity index is 1.84. The van der Waals surface area contributed by atoms with Crippen molar-refractivity contribution >= 4 is 35.2 Å². The third-order valence-electron chi connectivity index (χ3n) is 2.36. The fourth-order valence-corrected chi connectivity index (χ4v) is 2.23. The first-order valence-corrected chi connectivity index (χ1v) is 7.37. The van der Waals surface area contributed by atoms with Crippen molar-refractivity contribution in [3.05, 3.63) is 53.2 Å². The number of aromatic nitrogens is 2. The molecule has 1 aromatic heterocycles. The van der Waals surface area contributed by atoms with E-state index in [1.54, 1.807) is 12.1 Å². The molecule has 0 atom stereocenters. The van der Waals surface area contributed by atoms with E-state index in [0.717, 1.165) is 11.1 Å². The molecule has 102 valence electrons. The zero-order chi connectivity index (χ0) is 14.4. The average molecular weight is 326 g/mol. The van der Waals surface area contributed by atoms with Crippen LogP contribution in [-0.2, 0) is 5.75 Å². The topological polar surface area (TPSA) is 58.8 Å². The van der Waals surface area contributed by atoms with Gasteiger partial charge in [0.2, 0.25) is 5.88 Å². The van der Waals surface area contributed by atoms with Crippen molar-refractivity contribution in [2.75, 3.05) is 0 Å². The number of hydrogen-bond donors (Lipinski definition) is 0. The lowest BCUT2D eigenvalue weighted by atomic mass is 10.2. The molecule has 7 heteroatoms. The Bertz CT molecular complexity index is 597. The zero-order valence-corrected chi connectivity index (χ0v) is 12.5. The first-order chi connectivity index (χ1) is 9.69. The number of nitrogens with zero attached hydrogens (tertiary/aromatic N) is 3. The van der Waals surface area contributed by atoms with Crippen LogP contribution in [0.4, 0.5) is 0 Å². The molecule has 0 fully saturated rings. The van der Waals surface area contributed by atoms with Crippen molar-refractivity contribution in [1.82, 2.24) is 10.2 Å². The molecule has 0 aliphatic rings. The van der Waals surface area contributed by atoms with Gasteiger partial charge in [-0.25, -0.2) is 0 Å². The van der Waals surface area contributed by atoms with E-state index in [1.807, 2.05) is 30.3 Å². The molecule has 0 spiro atoms. The van der Waals surface area contributed by atoms with E-state index < -0.39 is 4.84 Å². The number of rotatable bonds is 5. The molecule has 20 heavy (non-hydrogen) atoms. The smallest absolute Gasteiger partial charge is 0.247 e. The van der Waals surface area contributed by atoms with E-state index >= 15 is 0 Å². The van der Waals surface area contributed by atoms with Crippen molar-refractivity contribution in [1.29, 1.82) is 5.26 Å². The Kier molecular flexibility index (Phi) is 5.48. The molecule has 0 aliphatic carbocycles. The van der Waals surface area contributed by atoms with Crippen LogP contribution in [0, 0.1) is 11.3 Å². The highest BCUT2D eigenvalue weighted by atomic mass is 35.5. The molecule has 1 heterocycles. The molecule has 0 N–H and O–H groups in total. The largest absolute Gasteiger partial charge is 0.404 e. The van der Waals surface area contributed by atoms with Crippen LogP contribution < -0.4 is 4.18 Å². The van der Waals surface area contributed by atoms with E-state index in [2.05, 4.69) is 10.2 Å². The van der Waals surface area contributed by atoms with Crippen molar-refractivity contribution in [2.45, 2.75) is 10.6 Å². The second kappa shape index (κ2) is 7.34. The lowest BCUT2D eigenvalue weighted by Gasteiger charge is -2.05. The minimum Gasteiger partial charge on any atom is -0.404 e. The monoisotopic (exact) mass is 325 g/mol. The van der Waals surface area contributed by atoms with Crippen molar-refractivity contribution in [3.8, 4) is 11.9 Å². The fourth-order valence-electron chi connectivity index (χ4n) is 1.34. The van der Waals surface area contributed by atoms with Gasteiger partial charge in [-0.1, -0.05) is 24.3 Å². The summed E-state index contributed by atoms with van der Waals surface area (Å²) < 4.78 is 5.37. The summed E-state index contributed by atoms with van der Waals surface area (Å²) in [6.07, 6.45) is 0. The van der Waals surface area contributed by atoms with Crippen molar-refractivity contribution in [2.24, 2.45) is 0 Å². The lowest BCUT2D eigenvalue weighted by molar-refractivity contribution is 0.599. The highest BCUT2D eigenvalue weighted by molar-refractivity contribution is 7.94. The molecule has 2 rings (SSSR count). The van der Waals surface area contributed by atoms with Gasteiger partial charge in [0.15, 0.2) is 5.69 Å². The van der Waals surface area contributed by atoms with Crippen LogP contribution in [0.1, 0.15) is 21.7 Å². The third-order valence-corrected chi connectivity index (χ3v) is 3.60. The summed E-state index contributed by atoms with van der Waals surface area (Å²) in [5.41, 5.74) is 2.20. The van der Waals surface area contributed by atoms with E-state index in [9.17, 15) is 0 Å². The summed E-state index contributed by atoms with van der Waals surface area (Å²) in [7, 11) is 0. The van der Waals surface area contributed by atoms with Gasteiger partial charge in [0.05, 0.1) is 17.8 Å². The van der Waals surface area contributed by atoms with Gasteiger partial charge < -0.3 is 4.18 Å². The first-order valence-electron chi connectivity index (χ1n) is 5.59. The predicted molar refractivity (Wildman–Crippen MR) is 79.6 cm³/mol.